The van der Waals surface area contributed by atoms with Crippen LogP contribution in [0.5, 0.6) is 0 Å². The van der Waals surface area contributed by atoms with Gasteiger partial charge in [0, 0.05) is 25.4 Å². The number of thioether (sulfide) groups is 1. The molecule has 2 rings (SSSR count). The van der Waals surface area contributed by atoms with E-state index in [1.54, 1.807) is 0 Å². The normalized spacial score (nSPS) is 16.2. The van der Waals surface area contributed by atoms with Gasteiger partial charge in [-0.2, -0.15) is 0 Å². The topological polar surface area (TPSA) is 134 Å². The van der Waals surface area contributed by atoms with E-state index in [0.717, 1.165) is 24.9 Å². The van der Waals surface area contributed by atoms with Gasteiger partial charge in [-0.15, -0.1) is 0 Å². The summed E-state index contributed by atoms with van der Waals surface area (Å²) in [6.45, 7) is 5.10. The molecule has 10 nitrogen and oxygen atoms in total. The Labute approximate surface area is 153 Å². The van der Waals surface area contributed by atoms with Crippen LogP contribution in [0, 0.1) is 6.92 Å². The number of morpholine rings is 1. The van der Waals surface area contributed by atoms with E-state index in [0.29, 0.717) is 19.8 Å². The summed E-state index contributed by atoms with van der Waals surface area (Å²) in [5.74, 6) is -1.04. The van der Waals surface area contributed by atoms with Crippen molar-refractivity contribution in [2.75, 3.05) is 45.2 Å². The molecule has 26 heavy (non-hydrogen) atoms. The van der Waals surface area contributed by atoms with Gasteiger partial charge in [-0.05, 0) is 18.7 Å². The van der Waals surface area contributed by atoms with E-state index in [1.807, 2.05) is 0 Å². The molecule has 1 saturated heterocycles. The molecule has 1 aromatic rings. The fourth-order valence-electron chi connectivity index (χ4n) is 2.11. The van der Waals surface area contributed by atoms with Gasteiger partial charge in [0.2, 0.25) is 0 Å². The maximum absolute atomic E-state index is 11.8. The molecule has 0 aliphatic carbocycles. The third-order valence-corrected chi connectivity index (χ3v) is 4.48. The number of carbonyl (C=O) groups excluding carboxylic acids is 2. The van der Waals surface area contributed by atoms with Gasteiger partial charge in [0.05, 0.1) is 13.2 Å². The lowest BCUT2D eigenvalue weighted by Crippen LogP contribution is -2.40. The summed E-state index contributed by atoms with van der Waals surface area (Å²) in [5.41, 5.74) is 5.71. The molecule has 0 spiro atoms. The molecule has 0 unspecified atom stereocenters. The first kappa shape index (κ1) is 20.5. The highest BCUT2D eigenvalue weighted by Gasteiger charge is 2.19. The first-order valence-electron chi connectivity index (χ1n) is 8.07. The molecule has 0 bridgehead atoms. The van der Waals surface area contributed by atoms with Crippen LogP contribution in [-0.2, 0) is 25.6 Å². The molecular formula is C15H22N2O8S. The van der Waals surface area contributed by atoms with Gasteiger partial charge < -0.3 is 28.8 Å². The Hall–Kier alpha value is -1.82. The van der Waals surface area contributed by atoms with E-state index in [9.17, 15) is 14.4 Å². The number of hydrogen-bond donors (Lipinski definition) is 1. The minimum Gasteiger partial charge on any atom is -0.463 e. The Morgan fingerprint density at radius 2 is 2.00 bits per heavy atom. The average Bonchev–Trinajstić information content (AvgIpc) is 2.96. The van der Waals surface area contributed by atoms with Crippen LogP contribution in [0.4, 0.5) is 4.79 Å². The second-order valence-corrected chi connectivity index (χ2v) is 6.47. The number of nitrogens with two attached hydrogens (primary N) is 1. The molecular weight excluding hydrogens is 368 g/mol. The van der Waals surface area contributed by atoms with Gasteiger partial charge in [0.25, 0.3) is 0 Å². The molecule has 1 aliphatic heterocycles. The van der Waals surface area contributed by atoms with Crippen molar-refractivity contribution in [3.05, 3.63) is 22.1 Å². The van der Waals surface area contributed by atoms with Gasteiger partial charge in [-0.1, -0.05) is 0 Å². The fraction of sp³-hybridized carbons (Fsp3) is 0.667. The van der Waals surface area contributed by atoms with Gasteiger partial charge in [-0.3, -0.25) is 9.69 Å². The number of nitrogens with zero attached hydrogens (tertiary/aromatic N) is 1. The lowest BCUT2D eigenvalue weighted by molar-refractivity contribution is -0.145. The predicted molar refractivity (Wildman–Crippen MR) is 90.8 cm³/mol. The summed E-state index contributed by atoms with van der Waals surface area (Å²) in [4.78, 5) is 36.5. The first-order valence-corrected chi connectivity index (χ1v) is 9.05. The second kappa shape index (κ2) is 10.4. The molecule has 0 saturated carbocycles. The first-order chi connectivity index (χ1) is 12.5. The summed E-state index contributed by atoms with van der Waals surface area (Å²) in [6, 6.07) is -0.939. The van der Waals surface area contributed by atoms with Crippen LogP contribution in [0.3, 0.4) is 0 Å². The van der Waals surface area contributed by atoms with E-state index >= 15 is 0 Å². The van der Waals surface area contributed by atoms with Crippen molar-refractivity contribution in [3.8, 4) is 0 Å². The van der Waals surface area contributed by atoms with E-state index < -0.39 is 23.1 Å². The molecule has 0 aromatic carbocycles. The molecule has 2 heterocycles. The third kappa shape index (κ3) is 6.83. The van der Waals surface area contributed by atoms with Crippen LogP contribution in [-0.4, -0.2) is 67.4 Å². The highest BCUT2D eigenvalue weighted by atomic mass is 32.2. The van der Waals surface area contributed by atoms with Crippen molar-refractivity contribution >= 4 is 23.0 Å². The van der Waals surface area contributed by atoms with Gasteiger partial charge in [0.1, 0.15) is 12.6 Å². The lowest BCUT2D eigenvalue weighted by Gasteiger charge is -2.26. The highest BCUT2D eigenvalue weighted by Crippen LogP contribution is 2.12. The van der Waals surface area contributed by atoms with Gasteiger partial charge in [-0.25, -0.2) is 9.59 Å². The van der Waals surface area contributed by atoms with Crippen LogP contribution in [0.25, 0.3) is 0 Å². The minimum atomic E-state index is -0.939. The van der Waals surface area contributed by atoms with Crippen molar-refractivity contribution in [1.82, 2.24) is 4.90 Å². The fourth-order valence-corrected chi connectivity index (χ4v) is 2.70. The molecule has 1 fully saturated rings. The highest BCUT2D eigenvalue weighted by molar-refractivity contribution is 8.13. The zero-order valence-corrected chi connectivity index (χ0v) is 15.2. The van der Waals surface area contributed by atoms with E-state index in [2.05, 4.69) is 9.32 Å². The zero-order chi connectivity index (χ0) is 18.9. The molecule has 11 heteroatoms. The Kier molecular flexibility index (Phi) is 8.16. The van der Waals surface area contributed by atoms with E-state index in [4.69, 9.17) is 24.4 Å². The second-order valence-electron chi connectivity index (χ2n) is 5.51. The molecule has 1 atom stereocenters. The molecule has 1 aromatic heterocycles. The Morgan fingerprint density at radius 3 is 2.65 bits per heavy atom. The van der Waals surface area contributed by atoms with Gasteiger partial charge in [0.15, 0.2) is 18.1 Å². The summed E-state index contributed by atoms with van der Waals surface area (Å²) in [7, 11) is 0. The van der Waals surface area contributed by atoms with Gasteiger partial charge >= 0.3 is 17.1 Å². The maximum atomic E-state index is 11.8. The van der Waals surface area contributed by atoms with Crippen LogP contribution in [0.2, 0.25) is 0 Å². The average molecular weight is 390 g/mol. The molecule has 146 valence electrons. The zero-order valence-electron chi connectivity index (χ0n) is 14.4. The number of carbonyl (C=O) groups is 2. The van der Waals surface area contributed by atoms with Crippen LogP contribution >= 0.6 is 11.8 Å². The van der Waals surface area contributed by atoms with Crippen molar-refractivity contribution < 1.29 is 32.6 Å². The van der Waals surface area contributed by atoms with Crippen molar-refractivity contribution in [2.45, 2.75) is 19.6 Å². The summed E-state index contributed by atoms with van der Waals surface area (Å²) in [6.07, 6.45) is 0. The number of ether oxygens (including phenoxy) is 3. The predicted octanol–water partition coefficient (Wildman–Crippen LogP) is 0.114. The molecule has 1 aliphatic rings. The Balaban J connectivity index is 1.59. The van der Waals surface area contributed by atoms with Crippen molar-refractivity contribution in [3.63, 3.8) is 0 Å². The van der Waals surface area contributed by atoms with Crippen LogP contribution in [0.15, 0.2) is 13.6 Å². The standard InChI is InChI=1S/C15H22N2O8S/c1-10-12(25-14(19)24-10)8-23-15(20)26-9-11(16)13(18)22-7-4-17-2-5-21-6-3-17/h11H,2-9,16H2,1H3/t11-/m0/s1. The summed E-state index contributed by atoms with van der Waals surface area (Å²) < 4.78 is 24.6. The van der Waals surface area contributed by atoms with Crippen LogP contribution < -0.4 is 11.6 Å². The quantitative estimate of drug-likeness (QED) is 0.606. The molecule has 0 amide bonds. The Morgan fingerprint density at radius 1 is 1.27 bits per heavy atom. The number of esters is 1. The third-order valence-electron chi connectivity index (χ3n) is 3.60. The van der Waals surface area contributed by atoms with Crippen LogP contribution in [0.1, 0.15) is 11.5 Å². The smallest absolute Gasteiger partial charge is 0.463 e. The molecule has 0 radical (unpaired) electrons. The number of rotatable bonds is 8. The minimum absolute atomic E-state index is 0.0174. The number of aryl methyl sites for hydroxylation is 1. The maximum Gasteiger partial charge on any atom is 0.519 e. The van der Waals surface area contributed by atoms with E-state index in [1.165, 1.54) is 6.92 Å². The number of hydrogen-bond acceptors (Lipinski definition) is 11. The Bertz CT molecular complexity index is 652. The summed E-state index contributed by atoms with van der Waals surface area (Å²) >= 11 is 0.742. The largest absolute Gasteiger partial charge is 0.519 e. The SMILES string of the molecule is Cc1oc(=O)oc1COC(=O)SC[C@H](N)C(=O)OCCN1CCOCC1. The van der Waals surface area contributed by atoms with Crippen molar-refractivity contribution in [1.29, 1.82) is 0 Å². The van der Waals surface area contributed by atoms with Crippen molar-refractivity contribution in [2.24, 2.45) is 5.73 Å². The monoisotopic (exact) mass is 390 g/mol. The molecule has 2 N–H and O–H groups in total. The van der Waals surface area contributed by atoms with E-state index in [-0.39, 0.29) is 30.5 Å². The lowest BCUT2D eigenvalue weighted by atomic mass is 10.4. The summed E-state index contributed by atoms with van der Waals surface area (Å²) in [5, 5.41) is -0.648.